The van der Waals surface area contributed by atoms with Crippen LogP contribution in [-0.4, -0.2) is 22.5 Å². The number of benzene rings is 1. The molecule has 0 radical (unpaired) electrons. The highest BCUT2D eigenvalue weighted by Crippen LogP contribution is 2.30. The summed E-state index contributed by atoms with van der Waals surface area (Å²) >= 11 is 2.86. The van der Waals surface area contributed by atoms with E-state index in [0.29, 0.717) is 6.42 Å². The molecule has 0 spiro atoms. The molecule has 2 N–H and O–H groups in total. The van der Waals surface area contributed by atoms with E-state index in [9.17, 15) is 19.3 Å². The summed E-state index contributed by atoms with van der Waals surface area (Å²) in [7, 11) is 0. The summed E-state index contributed by atoms with van der Waals surface area (Å²) in [5.74, 6) is -2.35. The van der Waals surface area contributed by atoms with Crippen molar-refractivity contribution in [3.8, 4) is 0 Å². The lowest BCUT2D eigenvalue weighted by Gasteiger charge is -2.12. The topological polar surface area (TPSA) is 92.5 Å². The number of rotatable bonds is 6. The van der Waals surface area contributed by atoms with E-state index in [1.807, 2.05) is 0 Å². The summed E-state index contributed by atoms with van der Waals surface area (Å²) in [6.07, 6.45) is 0.370. The van der Waals surface area contributed by atoms with Crippen LogP contribution in [0.25, 0.3) is 0 Å². The van der Waals surface area contributed by atoms with E-state index < -0.39 is 22.6 Å². The number of carbonyl (C=O) groups is 1. The quantitative estimate of drug-likeness (QED) is 0.616. The number of carboxylic acids is 1. The van der Waals surface area contributed by atoms with E-state index in [0.717, 1.165) is 12.1 Å². The van der Waals surface area contributed by atoms with Crippen LogP contribution in [0, 0.1) is 21.8 Å². The maximum Gasteiger partial charge on any atom is 0.308 e. The van der Waals surface area contributed by atoms with Gasteiger partial charge >= 0.3 is 5.97 Å². The fourth-order valence-corrected chi connectivity index (χ4v) is 1.80. The summed E-state index contributed by atoms with van der Waals surface area (Å²) in [5.41, 5.74) is -0.348. The third kappa shape index (κ3) is 3.88. The van der Waals surface area contributed by atoms with E-state index in [1.165, 1.54) is 0 Å². The molecule has 0 aromatic heterocycles. The van der Waals surface area contributed by atoms with Gasteiger partial charge in [0.25, 0.3) is 5.69 Å². The van der Waals surface area contributed by atoms with Gasteiger partial charge < -0.3 is 10.4 Å². The van der Waals surface area contributed by atoms with Gasteiger partial charge in [-0.25, -0.2) is 4.39 Å². The van der Waals surface area contributed by atoms with Crippen molar-refractivity contribution in [2.45, 2.75) is 13.3 Å². The van der Waals surface area contributed by atoms with Gasteiger partial charge in [0.2, 0.25) is 0 Å². The molecule has 0 aliphatic rings. The Morgan fingerprint density at radius 3 is 2.74 bits per heavy atom. The van der Waals surface area contributed by atoms with Crippen LogP contribution in [0.1, 0.15) is 13.3 Å². The number of nitrogens with one attached hydrogen (secondary N) is 1. The van der Waals surface area contributed by atoms with Crippen LogP contribution >= 0.6 is 15.9 Å². The van der Waals surface area contributed by atoms with Crippen LogP contribution < -0.4 is 5.32 Å². The van der Waals surface area contributed by atoms with Crippen molar-refractivity contribution in [2.75, 3.05) is 11.9 Å². The predicted molar refractivity (Wildman–Crippen MR) is 70.7 cm³/mol. The van der Waals surface area contributed by atoms with Crippen molar-refractivity contribution >= 4 is 33.3 Å². The van der Waals surface area contributed by atoms with E-state index in [-0.39, 0.29) is 22.4 Å². The summed E-state index contributed by atoms with van der Waals surface area (Å²) in [6.45, 7) is 1.69. The number of nitrogens with zero attached hydrogens (tertiary/aromatic N) is 1. The predicted octanol–water partition coefficient (Wildman–Crippen LogP) is 3.02. The number of aliphatic carboxylic acids is 1. The molecule has 0 aliphatic carbocycles. The summed E-state index contributed by atoms with van der Waals surface area (Å²) in [5, 5.41) is 22.3. The smallest absolute Gasteiger partial charge is 0.308 e. The zero-order valence-electron chi connectivity index (χ0n) is 10.0. The first kappa shape index (κ1) is 15.4. The van der Waals surface area contributed by atoms with Crippen molar-refractivity contribution in [1.29, 1.82) is 0 Å². The molecule has 0 saturated carbocycles. The molecule has 0 aliphatic heterocycles. The molecule has 1 aromatic rings. The van der Waals surface area contributed by atoms with Crippen LogP contribution in [0.3, 0.4) is 0 Å². The minimum atomic E-state index is -1.00. The normalized spacial score (nSPS) is 11.9. The number of carboxylic acid groups (broad SMARTS) is 1. The molecule has 0 bridgehead atoms. The highest BCUT2D eigenvalue weighted by atomic mass is 79.9. The Labute approximate surface area is 116 Å². The fourth-order valence-electron chi connectivity index (χ4n) is 1.47. The van der Waals surface area contributed by atoms with E-state index in [4.69, 9.17) is 5.11 Å². The Morgan fingerprint density at radius 1 is 1.63 bits per heavy atom. The summed E-state index contributed by atoms with van der Waals surface area (Å²) in [4.78, 5) is 21.0. The van der Waals surface area contributed by atoms with E-state index in [2.05, 4.69) is 21.2 Å². The first-order chi connectivity index (χ1) is 8.86. The maximum absolute atomic E-state index is 13.4. The molecule has 1 unspecified atom stereocenters. The molecule has 104 valence electrons. The SMILES string of the molecule is CCC(CNc1cc(F)c(Br)cc1[N+](=O)[O-])C(=O)O. The van der Waals surface area contributed by atoms with Gasteiger partial charge in [-0.05, 0) is 22.4 Å². The third-order valence-corrected chi connectivity index (χ3v) is 3.22. The largest absolute Gasteiger partial charge is 0.481 e. The van der Waals surface area contributed by atoms with Crippen LogP contribution in [0.5, 0.6) is 0 Å². The number of hydrogen-bond donors (Lipinski definition) is 2. The molecule has 1 rings (SSSR count). The Hall–Kier alpha value is -1.70. The van der Waals surface area contributed by atoms with Gasteiger partial charge in [0.15, 0.2) is 0 Å². The molecule has 8 heteroatoms. The zero-order chi connectivity index (χ0) is 14.6. The van der Waals surface area contributed by atoms with Crippen LogP contribution in [0.2, 0.25) is 0 Å². The summed E-state index contributed by atoms with van der Waals surface area (Å²) < 4.78 is 13.3. The minimum Gasteiger partial charge on any atom is -0.481 e. The molecular weight excluding hydrogens is 323 g/mol. The Bertz CT molecular complexity index is 510. The Balaban J connectivity index is 2.97. The highest BCUT2D eigenvalue weighted by molar-refractivity contribution is 9.10. The van der Waals surface area contributed by atoms with Gasteiger partial charge in [0, 0.05) is 18.7 Å². The van der Waals surface area contributed by atoms with E-state index in [1.54, 1.807) is 6.92 Å². The van der Waals surface area contributed by atoms with Crippen molar-refractivity contribution in [3.05, 3.63) is 32.5 Å². The Kier molecular flexibility index (Phi) is 5.22. The highest BCUT2D eigenvalue weighted by Gasteiger charge is 2.20. The first-order valence-electron chi connectivity index (χ1n) is 5.46. The second-order valence-corrected chi connectivity index (χ2v) is 4.72. The van der Waals surface area contributed by atoms with Crippen molar-refractivity contribution in [3.63, 3.8) is 0 Å². The van der Waals surface area contributed by atoms with Crippen LogP contribution in [0.4, 0.5) is 15.8 Å². The monoisotopic (exact) mass is 334 g/mol. The Morgan fingerprint density at radius 2 is 2.26 bits per heavy atom. The minimum absolute atomic E-state index is 0.00620. The van der Waals surface area contributed by atoms with Crippen molar-refractivity contribution in [1.82, 2.24) is 0 Å². The first-order valence-corrected chi connectivity index (χ1v) is 6.26. The fraction of sp³-hybridized carbons (Fsp3) is 0.364. The lowest BCUT2D eigenvalue weighted by Crippen LogP contribution is -2.22. The number of halogens is 2. The molecule has 0 amide bonds. The molecule has 0 heterocycles. The average Bonchev–Trinajstić information content (AvgIpc) is 2.33. The molecule has 0 fully saturated rings. The molecular formula is C11H12BrFN2O4. The number of hydrogen-bond acceptors (Lipinski definition) is 4. The van der Waals surface area contributed by atoms with Gasteiger partial charge in [0.1, 0.15) is 11.5 Å². The average molecular weight is 335 g/mol. The summed E-state index contributed by atoms with van der Waals surface area (Å²) in [6, 6.07) is 2.01. The van der Waals surface area contributed by atoms with Crippen LogP contribution in [0.15, 0.2) is 16.6 Å². The van der Waals surface area contributed by atoms with E-state index >= 15 is 0 Å². The van der Waals surface area contributed by atoms with Crippen LogP contribution in [-0.2, 0) is 4.79 Å². The van der Waals surface area contributed by atoms with Gasteiger partial charge in [0.05, 0.1) is 15.3 Å². The number of nitro benzene ring substituents is 1. The molecule has 0 saturated heterocycles. The standard InChI is InChI=1S/C11H12BrFN2O4/c1-2-6(11(16)17)5-14-9-4-8(13)7(12)3-10(9)15(18)19/h3-4,6,14H,2,5H2,1H3,(H,16,17). The lowest BCUT2D eigenvalue weighted by molar-refractivity contribution is -0.384. The zero-order valence-corrected chi connectivity index (χ0v) is 11.6. The third-order valence-electron chi connectivity index (χ3n) is 2.62. The number of anilines is 1. The van der Waals surface area contributed by atoms with Gasteiger partial charge in [-0.3, -0.25) is 14.9 Å². The van der Waals surface area contributed by atoms with Gasteiger partial charge in [-0.2, -0.15) is 0 Å². The second kappa shape index (κ2) is 6.46. The van der Waals surface area contributed by atoms with Gasteiger partial charge in [-0.1, -0.05) is 6.92 Å². The number of nitro groups is 1. The second-order valence-electron chi connectivity index (χ2n) is 3.86. The van der Waals surface area contributed by atoms with Gasteiger partial charge in [-0.15, -0.1) is 0 Å². The molecule has 1 aromatic carbocycles. The van der Waals surface area contributed by atoms with Crippen molar-refractivity contribution in [2.24, 2.45) is 5.92 Å². The maximum atomic E-state index is 13.4. The molecule has 6 nitrogen and oxygen atoms in total. The lowest BCUT2D eigenvalue weighted by atomic mass is 10.1. The molecule has 1 atom stereocenters. The van der Waals surface area contributed by atoms with Crippen molar-refractivity contribution < 1.29 is 19.2 Å². The molecule has 19 heavy (non-hydrogen) atoms.